The first-order valence-corrected chi connectivity index (χ1v) is 6.79. The number of Topliss-reactive ketones (excluding diaryl/α,β-unsaturated/α-hetero) is 1. The molecule has 3 rings (SSSR count). The molecular weight excluding hydrogens is 280 g/mol. The van der Waals surface area contributed by atoms with Crippen LogP contribution < -0.4 is 11.5 Å². The molecule has 0 aliphatic carbocycles. The minimum Gasteiger partial charge on any atom is -0.370 e. The van der Waals surface area contributed by atoms with Crippen molar-refractivity contribution in [1.82, 2.24) is 4.57 Å². The van der Waals surface area contributed by atoms with Gasteiger partial charge in [-0.2, -0.15) is 4.99 Å². The van der Waals surface area contributed by atoms with Crippen LogP contribution in [0.4, 0.5) is 0 Å². The Morgan fingerprint density at radius 3 is 2.73 bits per heavy atom. The number of aromatic nitrogens is 1. The zero-order valence-electron chi connectivity index (χ0n) is 11.7. The molecule has 6 nitrogen and oxygen atoms in total. The van der Waals surface area contributed by atoms with Gasteiger partial charge in [-0.1, -0.05) is 13.5 Å². The van der Waals surface area contributed by atoms with Gasteiger partial charge in [-0.05, 0) is 31.0 Å². The summed E-state index contributed by atoms with van der Waals surface area (Å²) in [6, 6.07) is 5.50. The number of nitrogens with two attached hydrogens (primary N) is 2. The monoisotopic (exact) mass is 300 g/mol. The van der Waals surface area contributed by atoms with E-state index in [1.165, 1.54) is 0 Å². The molecule has 116 valence electrons. The number of benzene rings is 1. The molecule has 6 heteroatoms. The van der Waals surface area contributed by atoms with Crippen LogP contribution in [0.1, 0.15) is 46.7 Å². The summed E-state index contributed by atoms with van der Waals surface area (Å²) in [5.74, 6) is -0.636. The topological polar surface area (TPSA) is 103 Å². The van der Waals surface area contributed by atoms with Crippen molar-refractivity contribution in [2.24, 2.45) is 16.5 Å². The van der Waals surface area contributed by atoms with Gasteiger partial charge in [-0.25, -0.2) is 0 Å². The fourth-order valence-corrected chi connectivity index (χ4v) is 2.86. The van der Waals surface area contributed by atoms with Crippen LogP contribution in [0, 0.1) is 6.92 Å². The molecule has 22 heavy (non-hydrogen) atoms. The number of aryl methyl sites for hydroxylation is 2. The van der Waals surface area contributed by atoms with Crippen molar-refractivity contribution in [3.63, 3.8) is 0 Å². The standard InChI is InChI=1S/C15H16N4O2.CH4/c1-8-4-5-9-12(20)3-2-6-19-11(7-10(8)13(9)19)14(21)18-15(16)17;/h4-5,7H,2-3,6H2,1H3,(H4,16,17,18,21);1H4. The number of carbonyl (C=O) groups excluding carboxylic acids is 2. The Hall–Kier alpha value is -2.63. The minimum atomic E-state index is -0.481. The predicted molar refractivity (Wildman–Crippen MR) is 87.1 cm³/mol. The number of rotatable bonds is 1. The Morgan fingerprint density at radius 1 is 1.32 bits per heavy atom. The van der Waals surface area contributed by atoms with Crippen molar-refractivity contribution >= 4 is 28.6 Å². The smallest absolute Gasteiger partial charge is 0.296 e. The van der Waals surface area contributed by atoms with Crippen molar-refractivity contribution in [3.8, 4) is 0 Å². The van der Waals surface area contributed by atoms with Gasteiger partial charge in [0.25, 0.3) is 5.91 Å². The normalized spacial score (nSPS) is 13.4. The lowest BCUT2D eigenvalue weighted by atomic mass is 10.0. The summed E-state index contributed by atoms with van der Waals surface area (Å²) in [5.41, 5.74) is 13.5. The summed E-state index contributed by atoms with van der Waals surface area (Å²) in [4.78, 5) is 28.0. The number of hydrogen-bond donors (Lipinski definition) is 2. The molecule has 1 aromatic carbocycles. The highest BCUT2D eigenvalue weighted by Crippen LogP contribution is 2.30. The number of carbonyl (C=O) groups is 2. The second-order valence-electron chi connectivity index (χ2n) is 5.24. The second-order valence-corrected chi connectivity index (χ2v) is 5.24. The highest BCUT2D eigenvalue weighted by Gasteiger charge is 2.23. The summed E-state index contributed by atoms with van der Waals surface area (Å²) in [5, 5.41) is 0.900. The highest BCUT2D eigenvalue weighted by atomic mass is 16.1. The maximum atomic E-state index is 12.2. The van der Waals surface area contributed by atoms with E-state index >= 15 is 0 Å². The van der Waals surface area contributed by atoms with Crippen molar-refractivity contribution in [3.05, 3.63) is 35.0 Å². The fourth-order valence-electron chi connectivity index (χ4n) is 2.86. The predicted octanol–water partition coefficient (Wildman–Crippen LogP) is 1.98. The van der Waals surface area contributed by atoms with Crippen molar-refractivity contribution in [1.29, 1.82) is 0 Å². The first-order chi connectivity index (χ1) is 9.99. The fraction of sp³-hybridized carbons (Fsp3) is 0.312. The Morgan fingerprint density at radius 2 is 2.05 bits per heavy atom. The summed E-state index contributed by atoms with van der Waals surface area (Å²) in [7, 11) is 0. The minimum absolute atomic E-state index is 0. The van der Waals surface area contributed by atoms with Crippen LogP contribution in [0.3, 0.4) is 0 Å². The van der Waals surface area contributed by atoms with Crippen LogP contribution in [0.15, 0.2) is 23.2 Å². The van der Waals surface area contributed by atoms with Gasteiger partial charge >= 0.3 is 0 Å². The van der Waals surface area contributed by atoms with E-state index in [0.29, 0.717) is 30.6 Å². The van der Waals surface area contributed by atoms with Gasteiger partial charge in [-0.3, -0.25) is 9.59 Å². The lowest BCUT2D eigenvalue weighted by Crippen LogP contribution is -2.24. The van der Waals surface area contributed by atoms with Crippen LogP contribution in [-0.2, 0) is 6.54 Å². The van der Waals surface area contributed by atoms with Crippen molar-refractivity contribution in [2.75, 3.05) is 0 Å². The molecule has 0 fully saturated rings. The van der Waals surface area contributed by atoms with Crippen LogP contribution in [0.5, 0.6) is 0 Å². The lowest BCUT2D eigenvalue weighted by Gasteiger charge is -2.07. The molecule has 1 aliphatic rings. The highest BCUT2D eigenvalue weighted by molar-refractivity contribution is 6.11. The van der Waals surface area contributed by atoms with Gasteiger partial charge in [0.05, 0.1) is 5.52 Å². The van der Waals surface area contributed by atoms with E-state index in [1.807, 2.05) is 23.6 Å². The summed E-state index contributed by atoms with van der Waals surface area (Å²) in [6.45, 7) is 2.56. The molecule has 0 saturated heterocycles. The molecule has 4 N–H and O–H groups in total. The first-order valence-electron chi connectivity index (χ1n) is 6.79. The van der Waals surface area contributed by atoms with Crippen LogP contribution in [0.2, 0.25) is 0 Å². The van der Waals surface area contributed by atoms with E-state index < -0.39 is 5.91 Å². The summed E-state index contributed by atoms with van der Waals surface area (Å²) in [6.07, 6.45) is 1.17. The Balaban J connectivity index is 0.00000176. The number of nitrogens with zero attached hydrogens (tertiary/aromatic N) is 2. The maximum Gasteiger partial charge on any atom is 0.296 e. The number of amides is 1. The van der Waals surface area contributed by atoms with Gasteiger partial charge in [0.15, 0.2) is 11.7 Å². The summed E-state index contributed by atoms with van der Waals surface area (Å²) >= 11 is 0. The van der Waals surface area contributed by atoms with Crippen molar-refractivity contribution < 1.29 is 9.59 Å². The number of aliphatic imine (C=N–C) groups is 1. The van der Waals surface area contributed by atoms with Gasteiger partial charge in [-0.15, -0.1) is 0 Å². The Bertz CT molecular complexity index is 798. The molecule has 0 radical (unpaired) electrons. The van der Waals surface area contributed by atoms with E-state index in [1.54, 1.807) is 6.07 Å². The SMILES string of the molecule is C.Cc1ccc2c3c1cc(C(=O)N=C(N)N)n3CCCC2=O. The van der Waals surface area contributed by atoms with E-state index in [9.17, 15) is 9.59 Å². The second kappa shape index (κ2) is 5.63. The molecule has 0 bridgehead atoms. The molecule has 0 atom stereocenters. The molecule has 2 aromatic rings. The Labute approximate surface area is 128 Å². The van der Waals surface area contributed by atoms with Crippen LogP contribution >= 0.6 is 0 Å². The molecule has 0 saturated carbocycles. The van der Waals surface area contributed by atoms with E-state index in [0.717, 1.165) is 16.5 Å². The molecular formula is C16H20N4O2. The average molecular weight is 300 g/mol. The van der Waals surface area contributed by atoms with E-state index in [-0.39, 0.29) is 19.2 Å². The molecule has 2 heterocycles. The van der Waals surface area contributed by atoms with Crippen LogP contribution in [-0.4, -0.2) is 22.2 Å². The van der Waals surface area contributed by atoms with E-state index in [4.69, 9.17) is 11.5 Å². The molecule has 1 aromatic heterocycles. The Kier molecular flexibility index (Phi) is 4.03. The van der Waals surface area contributed by atoms with Gasteiger partial charge in [0.1, 0.15) is 5.69 Å². The van der Waals surface area contributed by atoms with Crippen molar-refractivity contribution in [2.45, 2.75) is 33.7 Å². The van der Waals surface area contributed by atoms with Gasteiger partial charge in [0, 0.05) is 23.9 Å². The third kappa shape index (κ3) is 2.36. The van der Waals surface area contributed by atoms with Gasteiger partial charge < -0.3 is 16.0 Å². The molecule has 1 amide bonds. The number of guanidine groups is 1. The zero-order valence-corrected chi connectivity index (χ0v) is 11.7. The van der Waals surface area contributed by atoms with Crippen LogP contribution in [0.25, 0.3) is 10.9 Å². The summed E-state index contributed by atoms with van der Waals surface area (Å²) < 4.78 is 1.86. The largest absolute Gasteiger partial charge is 0.370 e. The number of hydrogen-bond acceptors (Lipinski definition) is 2. The first kappa shape index (κ1) is 15.8. The lowest BCUT2D eigenvalue weighted by molar-refractivity contribution is 0.0981. The molecule has 0 unspecified atom stereocenters. The molecule has 1 aliphatic heterocycles. The maximum absolute atomic E-state index is 12.2. The zero-order chi connectivity index (χ0) is 15.1. The molecule has 0 spiro atoms. The van der Waals surface area contributed by atoms with Gasteiger partial charge in [0.2, 0.25) is 0 Å². The average Bonchev–Trinajstić information content (AvgIpc) is 2.71. The number of ketones is 1. The quantitative estimate of drug-likeness (QED) is 0.620. The third-order valence-corrected chi connectivity index (χ3v) is 3.81. The van der Waals surface area contributed by atoms with E-state index in [2.05, 4.69) is 4.99 Å². The third-order valence-electron chi connectivity index (χ3n) is 3.81.